The van der Waals surface area contributed by atoms with Crippen molar-refractivity contribution in [3.05, 3.63) is 131 Å². The Labute approximate surface area is 385 Å². The number of anilines is 7. The highest BCUT2D eigenvalue weighted by molar-refractivity contribution is 14.1. The molecule has 13 nitrogen and oxygen atoms in total. The quantitative estimate of drug-likeness (QED) is 0.0790. The standard InChI is InChI=1S/2C15H12FIN4.C15H14FN5/c3*16-11-7-10-13(17)20-21-14(10)19-15(11)18-12-6-2-4-8-3-1-5-9(8)12/h2*2,4,6-7H,1,3,5H2,(H2,18,19,20,21);2,4,6-7H,1,3,5H2,(H4,17,18,19,20,21). The van der Waals surface area contributed by atoms with Crippen LogP contribution < -0.4 is 21.7 Å². The van der Waals surface area contributed by atoms with Crippen LogP contribution in [0.2, 0.25) is 0 Å². The smallest absolute Gasteiger partial charge is 0.185 e. The first-order chi connectivity index (χ1) is 30.7. The van der Waals surface area contributed by atoms with Crippen LogP contribution in [0.4, 0.5) is 53.5 Å². The van der Waals surface area contributed by atoms with Crippen molar-refractivity contribution in [3.8, 4) is 0 Å². The summed E-state index contributed by atoms with van der Waals surface area (Å²) in [5.74, 6) is -0.213. The summed E-state index contributed by atoms with van der Waals surface area (Å²) in [4.78, 5) is 12.8. The number of hydrogen-bond acceptors (Lipinski definition) is 10. The minimum absolute atomic E-state index is 0.175. The van der Waals surface area contributed by atoms with Crippen LogP contribution >= 0.6 is 45.2 Å². The average Bonchev–Trinajstić information content (AvgIpc) is 4.16. The normalized spacial score (nSPS) is 13.6. The second-order valence-corrected chi connectivity index (χ2v) is 17.7. The first-order valence-corrected chi connectivity index (χ1v) is 22.7. The summed E-state index contributed by atoms with van der Waals surface area (Å²) in [7, 11) is 0. The maximum absolute atomic E-state index is 14.2. The minimum Gasteiger partial charge on any atom is -0.384 e. The number of fused-ring (bicyclic) bond motifs is 6. The van der Waals surface area contributed by atoms with E-state index in [1.165, 1.54) is 51.6 Å². The Kier molecular flexibility index (Phi) is 11.2. The van der Waals surface area contributed by atoms with Crippen molar-refractivity contribution in [2.75, 3.05) is 21.7 Å². The van der Waals surface area contributed by atoms with E-state index in [0.29, 0.717) is 38.9 Å². The molecule has 0 fully saturated rings. The predicted octanol–water partition coefficient (Wildman–Crippen LogP) is 10.8. The highest BCUT2D eigenvalue weighted by Crippen LogP contribution is 2.35. The van der Waals surface area contributed by atoms with E-state index in [1.807, 2.05) is 36.4 Å². The number of nitrogen functional groups attached to an aromatic ring is 1. The number of aryl methyl sites for hydroxylation is 3. The molecule has 3 aromatic carbocycles. The Morgan fingerprint density at radius 2 is 0.825 bits per heavy atom. The van der Waals surface area contributed by atoms with Gasteiger partial charge in [0.1, 0.15) is 13.2 Å². The number of nitrogens with zero attached hydrogens (tertiary/aromatic N) is 6. The Morgan fingerprint density at radius 1 is 0.476 bits per heavy atom. The van der Waals surface area contributed by atoms with Crippen LogP contribution in [0.1, 0.15) is 52.6 Å². The van der Waals surface area contributed by atoms with Crippen molar-refractivity contribution in [2.24, 2.45) is 0 Å². The highest BCUT2D eigenvalue weighted by atomic mass is 127. The molecule has 8 N–H and O–H groups in total. The average molecular weight is 1070 g/mol. The lowest BCUT2D eigenvalue weighted by Crippen LogP contribution is -2.00. The number of H-pyrrole nitrogens is 3. The number of halogens is 5. The lowest BCUT2D eigenvalue weighted by atomic mass is 10.1. The van der Waals surface area contributed by atoms with Crippen molar-refractivity contribution in [2.45, 2.75) is 57.8 Å². The van der Waals surface area contributed by atoms with Crippen LogP contribution in [0.3, 0.4) is 0 Å². The van der Waals surface area contributed by atoms with Gasteiger partial charge in [-0.2, -0.15) is 15.3 Å². The molecule has 0 amide bonds. The summed E-state index contributed by atoms with van der Waals surface area (Å²) in [5.41, 5.74) is 17.7. The summed E-state index contributed by atoms with van der Waals surface area (Å²) in [6.07, 6.45) is 9.79. The van der Waals surface area contributed by atoms with Crippen LogP contribution in [-0.2, 0) is 38.5 Å². The van der Waals surface area contributed by atoms with Crippen LogP contribution in [0, 0.1) is 24.9 Å². The van der Waals surface area contributed by atoms with Gasteiger partial charge in [-0.1, -0.05) is 36.4 Å². The second kappa shape index (κ2) is 17.3. The van der Waals surface area contributed by atoms with Gasteiger partial charge in [0.25, 0.3) is 0 Å². The van der Waals surface area contributed by atoms with Crippen molar-refractivity contribution in [1.82, 2.24) is 45.5 Å². The molecule has 3 aliphatic rings. The maximum atomic E-state index is 14.2. The van der Waals surface area contributed by atoms with Gasteiger partial charge in [-0.3, -0.25) is 15.3 Å². The van der Waals surface area contributed by atoms with Gasteiger partial charge in [0.05, 0.1) is 16.2 Å². The Morgan fingerprint density at radius 3 is 1.22 bits per heavy atom. The number of nitrogens with one attached hydrogen (secondary N) is 6. The number of aromatic nitrogens is 9. The monoisotopic (exact) mass is 1070 g/mol. The molecule has 0 unspecified atom stereocenters. The number of hydrogen-bond donors (Lipinski definition) is 7. The fraction of sp³-hybridized carbons (Fsp3) is 0.200. The first-order valence-electron chi connectivity index (χ1n) is 20.5. The molecular formula is C45H38F3I2N13. The van der Waals surface area contributed by atoms with E-state index in [0.717, 1.165) is 82.3 Å². The number of aromatic amines is 3. The van der Waals surface area contributed by atoms with Crippen molar-refractivity contribution < 1.29 is 13.2 Å². The van der Waals surface area contributed by atoms with Crippen molar-refractivity contribution in [1.29, 1.82) is 0 Å². The predicted molar refractivity (Wildman–Crippen MR) is 257 cm³/mol. The number of pyridine rings is 3. The largest absolute Gasteiger partial charge is 0.384 e. The molecule has 63 heavy (non-hydrogen) atoms. The van der Waals surface area contributed by atoms with E-state index in [9.17, 15) is 13.2 Å². The van der Waals surface area contributed by atoms with Crippen LogP contribution in [0.15, 0.2) is 72.8 Å². The topological polar surface area (TPSA) is 187 Å². The third-order valence-electron chi connectivity index (χ3n) is 11.6. The van der Waals surface area contributed by atoms with Crippen LogP contribution in [0.5, 0.6) is 0 Å². The molecule has 0 bridgehead atoms. The molecule has 0 radical (unpaired) electrons. The van der Waals surface area contributed by atoms with Gasteiger partial charge in [-0.25, -0.2) is 28.1 Å². The molecule has 0 atom stereocenters. The van der Waals surface area contributed by atoms with E-state index in [2.05, 4.69) is 125 Å². The molecule has 12 rings (SSSR count). The molecule has 18 heteroatoms. The van der Waals surface area contributed by atoms with Gasteiger partial charge in [-0.05, 0) is 173 Å². The zero-order valence-corrected chi connectivity index (χ0v) is 37.8. The van der Waals surface area contributed by atoms with Crippen LogP contribution in [-0.4, -0.2) is 45.5 Å². The summed E-state index contributed by atoms with van der Waals surface area (Å²) < 4.78 is 44.3. The molecule has 0 aliphatic heterocycles. The van der Waals surface area contributed by atoms with E-state index in [-0.39, 0.29) is 29.1 Å². The zero-order chi connectivity index (χ0) is 43.2. The van der Waals surface area contributed by atoms with Gasteiger partial charge in [-0.15, -0.1) is 0 Å². The molecule has 0 spiro atoms. The summed E-state index contributed by atoms with van der Waals surface area (Å²) in [5, 5.41) is 31.6. The molecule has 318 valence electrons. The number of rotatable bonds is 6. The molecule has 0 saturated carbocycles. The molecule has 0 saturated heterocycles. The third-order valence-corrected chi connectivity index (χ3v) is 13.3. The molecular weight excluding hydrogens is 1030 g/mol. The van der Waals surface area contributed by atoms with E-state index < -0.39 is 5.82 Å². The van der Waals surface area contributed by atoms with Gasteiger partial charge < -0.3 is 21.7 Å². The molecule has 6 aromatic heterocycles. The molecule has 9 aromatic rings. The number of nitrogens with two attached hydrogens (primary N) is 1. The van der Waals surface area contributed by atoms with Gasteiger partial charge in [0.2, 0.25) is 0 Å². The van der Waals surface area contributed by atoms with Crippen molar-refractivity contribution in [3.63, 3.8) is 0 Å². The summed E-state index contributed by atoms with van der Waals surface area (Å²) in [6.45, 7) is 0. The van der Waals surface area contributed by atoms with Crippen LogP contribution in [0.25, 0.3) is 33.1 Å². The Balaban J connectivity index is 0.000000112. The first kappa shape index (κ1) is 41.0. The fourth-order valence-corrected chi connectivity index (χ4v) is 9.60. The van der Waals surface area contributed by atoms with E-state index in [4.69, 9.17) is 5.73 Å². The summed E-state index contributed by atoms with van der Waals surface area (Å²) >= 11 is 4.17. The van der Waals surface area contributed by atoms with Crippen molar-refractivity contribution >= 4 is 119 Å². The van der Waals surface area contributed by atoms with Gasteiger partial charge in [0.15, 0.2) is 51.8 Å². The van der Waals surface area contributed by atoms with E-state index >= 15 is 0 Å². The van der Waals surface area contributed by atoms with Gasteiger partial charge in [0, 0.05) is 17.1 Å². The SMILES string of the molecule is Fc1cc2c(I)[nH]nc2nc1Nc1cccc2c1CCC2.Fc1cc2c(I)[nH]nc2nc1Nc1cccc2c1CCC2.Nc1[nH]nc2nc(Nc3cccc4c3CCC4)c(F)cc12. The lowest BCUT2D eigenvalue weighted by molar-refractivity contribution is 0.628. The fourth-order valence-electron chi connectivity index (χ4n) is 8.57. The third kappa shape index (κ3) is 8.20. The Hall–Kier alpha value is -6.03. The second-order valence-electron chi connectivity index (χ2n) is 15.5. The highest BCUT2D eigenvalue weighted by Gasteiger charge is 2.20. The van der Waals surface area contributed by atoms with E-state index in [1.54, 1.807) is 0 Å². The molecule has 6 heterocycles. The minimum atomic E-state index is -0.439. The zero-order valence-electron chi connectivity index (χ0n) is 33.4. The lowest BCUT2D eigenvalue weighted by Gasteiger charge is -2.11. The molecule has 3 aliphatic carbocycles. The summed E-state index contributed by atoms with van der Waals surface area (Å²) in [6, 6.07) is 22.6. The van der Waals surface area contributed by atoms with Gasteiger partial charge >= 0.3 is 0 Å². The maximum Gasteiger partial charge on any atom is 0.185 e. The number of benzene rings is 3. The Bertz CT molecular complexity index is 2860.